The van der Waals surface area contributed by atoms with Crippen molar-refractivity contribution in [2.75, 3.05) is 0 Å². The first kappa shape index (κ1) is 10.8. The molecular weight excluding hydrogens is 252 g/mol. The van der Waals surface area contributed by atoms with Crippen LogP contribution in [0.1, 0.15) is 18.4 Å². The summed E-state index contributed by atoms with van der Waals surface area (Å²) in [6, 6.07) is 3.63. The second-order valence-corrected chi connectivity index (χ2v) is 5.88. The maximum atomic E-state index is 10.8. The molecule has 0 aliphatic heterocycles. The van der Waals surface area contributed by atoms with Crippen LogP contribution >= 0.6 is 11.6 Å². The summed E-state index contributed by atoms with van der Waals surface area (Å²) in [5.74, 6) is 0.313. The number of hydrogen-bond donors (Lipinski definition) is 3. The van der Waals surface area contributed by atoms with Crippen molar-refractivity contribution >= 4 is 22.5 Å². The van der Waals surface area contributed by atoms with E-state index >= 15 is 0 Å². The molecule has 1 aromatic carbocycles. The first-order valence-electron chi connectivity index (χ1n) is 6.14. The van der Waals surface area contributed by atoms with Gasteiger partial charge in [-0.15, -0.1) is 0 Å². The van der Waals surface area contributed by atoms with Crippen LogP contribution in [-0.4, -0.2) is 26.5 Å². The molecule has 2 saturated carbocycles. The lowest BCUT2D eigenvalue weighted by molar-refractivity contribution is 0.0664. The van der Waals surface area contributed by atoms with E-state index in [0.717, 1.165) is 16.5 Å². The van der Waals surface area contributed by atoms with Crippen LogP contribution in [0.3, 0.4) is 0 Å². The minimum absolute atomic E-state index is 0.157. The van der Waals surface area contributed by atoms with Gasteiger partial charge in [-0.2, -0.15) is 5.10 Å². The first-order valence-corrected chi connectivity index (χ1v) is 6.52. The number of nitrogens with one attached hydrogen (secondary N) is 1. The lowest BCUT2D eigenvalue weighted by Crippen LogP contribution is -2.19. The molecule has 4 rings (SSSR count). The van der Waals surface area contributed by atoms with Crippen molar-refractivity contribution in [3.05, 3.63) is 28.9 Å². The highest BCUT2D eigenvalue weighted by Gasteiger charge is 2.68. The Labute approximate surface area is 109 Å². The fourth-order valence-electron chi connectivity index (χ4n) is 3.64. The monoisotopic (exact) mass is 264 g/mol. The SMILES string of the molecule is OC1CC2C(C1)C2(O)c1cc(Cl)cc2[nH]ncc12. The number of rotatable bonds is 1. The molecule has 4 nitrogen and oxygen atoms in total. The molecule has 2 atom stereocenters. The summed E-state index contributed by atoms with van der Waals surface area (Å²) in [5, 5.41) is 28.8. The van der Waals surface area contributed by atoms with E-state index in [1.165, 1.54) is 0 Å². The molecule has 2 aliphatic carbocycles. The molecule has 0 bridgehead atoms. The van der Waals surface area contributed by atoms with Gasteiger partial charge in [0.25, 0.3) is 0 Å². The van der Waals surface area contributed by atoms with Crippen molar-refractivity contribution in [3.8, 4) is 0 Å². The van der Waals surface area contributed by atoms with Crippen molar-refractivity contribution in [3.63, 3.8) is 0 Å². The Morgan fingerprint density at radius 3 is 2.78 bits per heavy atom. The highest BCUT2D eigenvalue weighted by atomic mass is 35.5. The van der Waals surface area contributed by atoms with Crippen molar-refractivity contribution in [1.29, 1.82) is 0 Å². The summed E-state index contributed by atoms with van der Waals surface area (Å²) >= 11 is 6.09. The molecule has 0 spiro atoms. The van der Waals surface area contributed by atoms with Gasteiger partial charge in [-0.1, -0.05) is 11.6 Å². The number of aliphatic hydroxyl groups excluding tert-OH is 1. The maximum Gasteiger partial charge on any atom is 0.0969 e. The molecule has 2 fully saturated rings. The van der Waals surface area contributed by atoms with E-state index in [2.05, 4.69) is 10.2 Å². The van der Waals surface area contributed by atoms with Gasteiger partial charge in [0.1, 0.15) is 0 Å². The van der Waals surface area contributed by atoms with Crippen molar-refractivity contribution in [2.45, 2.75) is 24.5 Å². The Morgan fingerprint density at radius 1 is 1.33 bits per heavy atom. The first-order chi connectivity index (χ1) is 8.60. The number of aliphatic hydroxyl groups is 2. The van der Waals surface area contributed by atoms with Gasteiger partial charge in [-0.05, 0) is 30.5 Å². The number of H-pyrrole nitrogens is 1. The van der Waals surface area contributed by atoms with Crippen LogP contribution in [0.5, 0.6) is 0 Å². The topological polar surface area (TPSA) is 69.1 Å². The summed E-state index contributed by atoms with van der Waals surface area (Å²) in [7, 11) is 0. The largest absolute Gasteiger partial charge is 0.393 e. The lowest BCUT2D eigenvalue weighted by atomic mass is 9.95. The number of fused-ring (bicyclic) bond motifs is 2. The van der Waals surface area contributed by atoms with Gasteiger partial charge >= 0.3 is 0 Å². The van der Waals surface area contributed by atoms with E-state index in [9.17, 15) is 10.2 Å². The highest BCUT2D eigenvalue weighted by molar-refractivity contribution is 6.31. The van der Waals surface area contributed by atoms with E-state index in [-0.39, 0.29) is 17.9 Å². The van der Waals surface area contributed by atoms with E-state index in [4.69, 9.17) is 11.6 Å². The van der Waals surface area contributed by atoms with E-state index in [1.54, 1.807) is 6.20 Å². The summed E-state index contributed by atoms with van der Waals surface area (Å²) < 4.78 is 0. The molecule has 2 aromatic rings. The highest BCUT2D eigenvalue weighted by Crippen LogP contribution is 2.67. The number of benzene rings is 1. The quantitative estimate of drug-likeness (QED) is 0.736. The Bertz CT molecular complexity index is 627. The summed E-state index contributed by atoms with van der Waals surface area (Å²) in [6.07, 6.45) is 2.81. The van der Waals surface area contributed by atoms with Crippen molar-refractivity contribution in [2.24, 2.45) is 11.8 Å². The fraction of sp³-hybridized carbons (Fsp3) is 0.462. The third kappa shape index (κ3) is 1.20. The fourth-order valence-corrected chi connectivity index (χ4v) is 3.86. The molecule has 0 radical (unpaired) electrons. The summed E-state index contributed by atoms with van der Waals surface area (Å²) in [6.45, 7) is 0. The third-order valence-electron chi connectivity index (χ3n) is 4.51. The zero-order valence-corrected chi connectivity index (χ0v) is 10.4. The van der Waals surface area contributed by atoms with Gasteiger partial charge in [0.2, 0.25) is 0 Å². The minimum Gasteiger partial charge on any atom is -0.393 e. The van der Waals surface area contributed by atoms with Gasteiger partial charge in [-0.25, -0.2) is 0 Å². The molecule has 5 heteroatoms. The zero-order chi connectivity index (χ0) is 12.5. The van der Waals surface area contributed by atoms with Crippen LogP contribution in [0, 0.1) is 11.8 Å². The molecule has 2 unspecified atom stereocenters. The molecule has 0 saturated heterocycles. The van der Waals surface area contributed by atoms with Crippen LogP contribution in [0.4, 0.5) is 0 Å². The standard InChI is InChI=1S/C13H13ClN2O2/c14-6-1-9(8-5-15-16-12(8)2-6)13(18)10-3-7(17)4-11(10)13/h1-2,5,7,10-11,17-18H,3-4H2,(H,15,16). The molecule has 3 N–H and O–H groups in total. The maximum absolute atomic E-state index is 10.8. The average molecular weight is 265 g/mol. The molecule has 94 valence electrons. The molecular formula is C13H13ClN2O2. The van der Waals surface area contributed by atoms with Gasteiger partial charge in [-0.3, -0.25) is 5.10 Å². The number of hydrogen-bond acceptors (Lipinski definition) is 3. The smallest absolute Gasteiger partial charge is 0.0969 e. The van der Waals surface area contributed by atoms with Crippen LogP contribution in [0.15, 0.2) is 18.3 Å². The Morgan fingerprint density at radius 2 is 2.06 bits per heavy atom. The van der Waals surface area contributed by atoms with Gasteiger partial charge < -0.3 is 10.2 Å². The van der Waals surface area contributed by atoms with Gasteiger partial charge in [0.05, 0.1) is 23.4 Å². The molecule has 2 aliphatic rings. The van der Waals surface area contributed by atoms with E-state index in [1.807, 2.05) is 12.1 Å². The Hall–Kier alpha value is -1.10. The second-order valence-electron chi connectivity index (χ2n) is 5.45. The van der Waals surface area contributed by atoms with Gasteiger partial charge in [0, 0.05) is 22.2 Å². The molecule has 18 heavy (non-hydrogen) atoms. The average Bonchev–Trinajstić information content (AvgIpc) is 2.78. The number of halogens is 1. The Balaban J connectivity index is 1.87. The molecule has 1 aromatic heterocycles. The predicted octanol–water partition coefficient (Wildman–Crippen LogP) is 1.80. The van der Waals surface area contributed by atoms with Crippen molar-refractivity contribution < 1.29 is 10.2 Å². The predicted molar refractivity (Wildman–Crippen MR) is 67.2 cm³/mol. The summed E-state index contributed by atoms with van der Waals surface area (Å²) in [4.78, 5) is 0. The third-order valence-corrected chi connectivity index (χ3v) is 4.73. The number of nitrogens with zero attached hydrogens (tertiary/aromatic N) is 1. The zero-order valence-electron chi connectivity index (χ0n) is 9.60. The summed E-state index contributed by atoms with van der Waals surface area (Å²) in [5.41, 5.74) is 0.865. The molecule has 1 heterocycles. The van der Waals surface area contributed by atoms with Crippen LogP contribution in [-0.2, 0) is 5.60 Å². The van der Waals surface area contributed by atoms with Gasteiger partial charge in [0.15, 0.2) is 0 Å². The lowest BCUT2D eigenvalue weighted by Gasteiger charge is -2.18. The van der Waals surface area contributed by atoms with Crippen LogP contribution in [0.2, 0.25) is 5.02 Å². The second kappa shape index (κ2) is 3.26. The number of aromatic nitrogens is 2. The van der Waals surface area contributed by atoms with E-state index in [0.29, 0.717) is 17.9 Å². The van der Waals surface area contributed by atoms with E-state index < -0.39 is 5.60 Å². The van der Waals surface area contributed by atoms with Crippen LogP contribution < -0.4 is 0 Å². The number of aromatic amines is 1. The normalized spacial score (nSPS) is 38.1. The Kier molecular flexibility index (Phi) is 1.95. The molecule has 0 amide bonds. The van der Waals surface area contributed by atoms with Crippen molar-refractivity contribution in [1.82, 2.24) is 10.2 Å². The van der Waals surface area contributed by atoms with Crippen LogP contribution in [0.25, 0.3) is 10.9 Å². The minimum atomic E-state index is -0.827.